The fourth-order valence-electron chi connectivity index (χ4n) is 9.83. The van der Waals surface area contributed by atoms with E-state index < -0.39 is 108 Å². The van der Waals surface area contributed by atoms with Gasteiger partial charge in [-0.05, 0) is 84.0 Å². The first kappa shape index (κ1) is 58.1. The van der Waals surface area contributed by atoms with Crippen LogP contribution in [0.4, 0.5) is 0 Å². The number of rotatable bonds is 11. The zero-order valence-electron chi connectivity index (χ0n) is 42.5. The number of amides is 9. The van der Waals surface area contributed by atoms with Crippen molar-refractivity contribution in [3.63, 3.8) is 0 Å². The minimum Gasteiger partial charge on any atom is -0.391 e. The van der Waals surface area contributed by atoms with Gasteiger partial charge in [-0.1, -0.05) is 78.1 Å². The Morgan fingerprint density at radius 1 is 0.643 bits per heavy atom. The highest BCUT2D eigenvalue weighted by Crippen LogP contribution is 2.29. The number of thioether (sulfide) groups is 1. The number of hydrogen-bond donors (Lipinski definition) is 9. The summed E-state index contributed by atoms with van der Waals surface area (Å²) in [6.45, 7) is 10.2. The zero-order valence-corrected chi connectivity index (χ0v) is 43.3. The van der Waals surface area contributed by atoms with Crippen LogP contribution in [0.2, 0.25) is 0 Å². The van der Waals surface area contributed by atoms with Crippen LogP contribution in [0.25, 0.3) is 0 Å². The molecule has 0 spiro atoms. The number of carbonyl (C=O) groups is 9. The maximum atomic E-state index is 14.3. The van der Waals surface area contributed by atoms with Gasteiger partial charge < -0.3 is 57.2 Å². The van der Waals surface area contributed by atoms with Gasteiger partial charge in [-0.15, -0.1) is 11.8 Å². The number of likely N-dealkylation sites (tertiary alicyclic amines) is 1. The molecule has 396 valence electrons. The summed E-state index contributed by atoms with van der Waals surface area (Å²) in [6.07, 6.45) is 10.00. The van der Waals surface area contributed by atoms with Crippen molar-refractivity contribution in [2.24, 2.45) is 17.8 Å². The van der Waals surface area contributed by atoms with Gasteiger partial charge in [0.2, 0.25) is 53.2 Å². The normalized spacial score (nSPS) is 29.0. The van der Waals surface area contributed by atoms with Gasteiger partial charge in [0.25, 0.3) is 0 Å². The first-order valence-electron chi connectivity index (χ1n) is 25.8. The van der Waals surface area contributed by atoms with Crippen molar-refractivity contribution in [2.45, 2.75) is 205 Å². The number of nitrogens with one attached hydrogen (secondary N) is 7. The Morgan fingerprint density at radius 3 is 1.76 bits per heavy atom. The maximum Gasteiger partial charge on any atom is 0.245 e. The third-order valence-electron chi connectivity index (χ3n) is 14.2. The van der Waals surface area contributed by atoms with Gasteiger partial charge >= 0.3 is 0 Å². The molecule has 0 radical (unpaired) electrons. The molecule has 0 bridgehead atoms. The molecule has 4 rings (SSSR count). The molecule has 2 heterocycles. The second-order valence-electron chi connectivity index (χ2n) is 20.6. The zero-order chi connectivity index (χ0) is 51.7. The summed E-state index contributed by atoms with van der Waals surface area (Å²) in [5, 5.41) is 40.1. The molecule has 70 heavy (non-hydrogen) atoms. The van der Waals surface area contributed by atoms with Gasteiger partial charge in [0.1, 0.15) is 48.3 Å². The highest BCUT2D eigenvalue weighted by molar-refractivity contribution is 8.00. The van der Waals surface area contributed by atoms with Crippen molar-refractivity contribution in [3.8, 4) is 0 Å². The van der Waals surface area contributed by atoms with Crippen LogP contribution in [0.3, 0.4) is 0 Å². The average Bonchev–Trinajstić information content (AvgIpc) is 3.32. The topological polar surface area (TPSA) is 285 Å². The Labute approximate surface area is 418 Å². The summed E-state index contributed by atoms with van der Waals surface area (Å²) in [7, 11) is 1.42. The Hall–Kier alpha value is -4.50. The molecular formula is C49H83N9O11S. The van der Waals surface area contributed by atoms with Crippen LogP contribution in [0.5, 0.6) is 0 Å². The first-order valence-corrected chi connectivity index (χ1v) is 26.9. The predicted octanol–water partition coefficient (Wildman–Crippen LogP) is 0.755. The van der Waals surface area contributed by atoms with E-state index in [0.29, 0.717) is 19.5 Å². The van der Waals surface area contributed by atoms with Gasteiger partial charge in [-0.3, -0.25) is 43.2 Å². The Balaban J connectivity index is 1.67. The molecule has 9 N–H and O–H groups in total. The fourth-order valence-corrected chi connectivity index (χ4v) is 10.7. The Morgan fingerprint density at radius 2 is 1.19 bits per heavy atom. The molecule has 21 heteroatoms. The molecule has 1 unspecified atom stereocenters. The summed E-state index contributed by atoms with van der Waals surface area (Å²) in [5.41, 5.74) is 0. The molecule has 0 aromatic heterocycles. The van der Waals surface area contributed by atoms with Crippen molar-refractivity contribution >= 4 is 64.9 Å². The molecule has 4 fully saturated rings. The summed E-state index contributed by atoms with van der Waals surface area (Å²) < 4.78 is 0. The average molecular weight is 1010 g/mol. The van der Waals surface area contributed by atoms with Gasteiger partial charge in [0.05, 0.1) is 18.0 Å². The molecule has 0 aromatic carbocycles. The van der Waals surface area contributed by atoms with Crippen LogP contribution in [-0.4, -0.2) is 165 Å². The lowest BCUT2D eigenvalue weighted by Crippen LogP contribution is -2.63. The summed E-state index contributed by atoms with van der Waals surface area (Å²) in [4.78, 5) is 129. The standard InChI is InChI=1S/C49H83N9O11S/c1-28(2)23-36-48(68)57(7)30(4)43(63)52-35(24-33-17-11-8-12-18-33)44(64)55-41(32(6)60)47(67)56-40(31(5)59)46(66)50-29(3)42(62)54-38(26-70-27-39(61)51-36)45(65)53-37(25-34-19-13-9-14-20-34)49(69)58-21-15-10-16-22-58/h28-38,40-41,59-60H,8-27H2,1-7H3,(H,50,66)(H,51,61)(H,52,63)(H,53,65)(H,54,62)(H,55,64)(H,56,67)/t29-,30-,31+,32+,35-,36?,37-,38-,40-,41-/m0/s1. The van der Waals surface area contributed by atoms with E-state index in [1.165, 1.54) is 39.6 Å². The molecule has 0 aromatic rings. The highest BCUT2D eigenvalue weighted by Gasteiger charge is 2.39. The van der Waals surface area contributed by atoms with Crippen LogP contribution in [0, 0.1) is 17.8 Å². The molecule has 20 nitrogen and oxygen atoms in total. The monoisotopic (exact) mass is 1010 g/mol. The van der Waals surface area contributed by atoms with Crippen LogP contribution in [0.1, 0.15) is 144 Å². The highest BCUT2D eigenvalue weighted by atomic mass is 32.2. The third kappa shape index (κ3) is 18.0. The van der Waals surface area contributed by atoms with Crippen LogP contribution in [0.15, 0.2) is 0 Å². The molecule has 4 aliphatic rings. The lowest BCUT2D eigenvalue weighted by atomic mass is 9.84. The SMILES string of the molecule is CC(C)CC1NC(=O)CSC[C@@H](C(=O)N[C@@H](CC2CCCCC2)C(=O)N2CCCCC2)NC(=O)[C@H](C)NC(=O)[C@H]([C@@H](C)O)NC(=O)[C@H]([C@@H](C)O)NC(=O)[C@H](CC2CCCCC2)NC(=O)[C@H](C)N(C)C1=O. The molecule has 10 atom stereocenters. The second-order valence-corrected chi connectivity index (χ2v) is 21.7. The number of piperidine rings is 1. The van der Waals surface area contributed by atoms with Crippen molar-refractivity contribution < 1.29 is 53.4 Å². The van der Waals surface area contributed by atoms with Gasteiger partial charge in [-0.2, -0.15) is 0 Å². The summed E-state index contributed by atoms with van der Waals surface area (Å²) in [6, 6.07) is -10.3. The number of hydrogen-bond acceptors (Lipinski definition) is 12. The Bertz CT molecular complexity index is 1800. The van der Waals surface area contributed by atoms with E-state index in [1.54, 1.807) is 4.90 Å². The molecule has 9 amide bonds. The minimum absolute atomic E-state index is 0.0533. The van der Waals surface area contributed by atoms with Gasteiger partial charge in [0, 0.05) is 25.9 Å². The number of likely N-dealkylation sites (N-methyl/N-ethyl adjacent to an activating group) is 1. The van der Waals surface area contributed by atoms with E-state index in [2.05, 4.69) is 37.2 Å². The lowest BCUT2D eigenvalue weighted by Gasteiger charge is -2.34. The van der Waals surface area contributed by atoms with E-state index in [0.717, 1.165) is 95.2 Å². The largest absolute Gasteiger partial charge is 0.391 e. The number of nitrogens with zero attached hydrogens (tertiary/aromatic N) is 2. The quantitative estimate of drug-likeness (QED) is 0.139. The minimum atomic E-state index is -1.69. The lowest BCUT2D eigenvalue weighted by molar-refractivity contribution is -0.142. The van der Waals surface area contributed by atoms with Crippen molar-refractivity contribution in [1.82, 2.24) is 47.0 Å². The predicted molar refractivity (Wildman–Crippen MR) is 264 cm³/mol. The summed E-state index contributed by atoms with van der Waals surface area (Å²) in [5.74, 6) is -6.48. The Kier molecular flexibility index (Phi) is 23.7. The fraction of sp³-hybridized carbons (Fsp3) is 0.816. The number of carbonyl (C=O) groups excluding carboxylic acids is 9. The number of aliphatic hydroxyl groups is 2. The molecule has 2 saturated heterocycles. The number of aliphatic hydroxyl groups excluding tert-OH is 2. The third-order valence-corrected chi connectivity index (χ3v) is 15.2. The molecule has 2 aliphatic carbocycles. The smallest absolute Gasteiger partial charge is 0.245 e. The first-order chi connectivity index (χ1) is 33.2. The van der Waals surface area contributed by atoms with Crippen molar-refractivity contribution in [3.05, 3.63) is 0 Å². The molecular weight excluding hydrogens is 923 g/mol. The molecule has 2 aliphatic heterocycles. The van der Waals surface area contributed by atoms with Crippen LogP contribution < -0.4 is 37.2 Å². The van der Waals surface area contributed by atoms with E-state index in [-0.39, 0.29) is 48.0 Å². The van der Waals surface area contributed by atoms with Crippen molar-refractivity contribution in [1.29, 1.82) is 0 Å². The van der Waals surface area contributed by atoms with E-state index >= 15 is 0 Å². The molecule has 2 saturated carbocycles. The van der Waals surface area contributed by atoms with E-state index in [1.807, 2.05) is 13.8 Å². The van der Waals surface area contributed by atoms with Crippen LogP contribution in [-0.2, 0) is 43.2 Å². The van der Waals surface area contributed by atoms with Crippen molar-refractivity contribution in [2.75, 3.05) is 31.6 Å². The second kappa shape index (κ2) is 28.5. The van der Waals surface area contributed by atoms with Crippen LogP contribution >= 0.6 is 11.8 Å². The van der Waals surface area contributed by atoms with Gasteiger partial charge in [-0.25, -0.2) is 0 Å². The summed E-state index contributed by atoms with van der Waals surface area (Å²) >= 11 is 1.01. The van der Waals surface area contributed by atoms with E-state index in [4.69, 9.17) is 0 Å². The van der Waals surface area contributed by atoms with Gasteiger partial charge in [0.15, 0.2) is 0 Å². The maximum absolute atomic E-state index is 14.3. The van der Waals surface area contributed by atoms with E-state index in [9.17, 15) is 53.4 Å².